The van der Waals surface area contributed by atoms with Crippen LogP contribution in [0.25, 0.3) is 5.65 Å². The smallest absolute Gasteiger partial charge is 0.364 e. The number of nitrogens with zero attached hydrogens (tertiary/aromatic N) is 3. The van der Waals surface area contributed by atoms with Crippen molar-refractivity contribution in [2.75, 3.05) is 11.9 Å². The second-order valence-corrected chi connectivity index (χ2v) is 4.43. The number of aromatic nitrogens is 2. The normalized spacial score (nSPS) is 10.7. The van der Waals surface area contributed by atoms with Crippen molar-refractivity contribution in [1.82, 2.24) is 9.38 Å². The third-order valence-corrected chi connectivity index (χ3v) is 2.97. The predicted octanol–water partition coefficient (Wildman–Crippen LogP) is 2.20. The molecule has 2 aromatic heterocycles. The molecule has 0 unspecified atom stereocenters. The third kappa shape index (κ3) is 2.76. The summed E-state index contributed by atoms with van der Waals surface area (Å²) in [6, 6.07) is 5.00. The molecule has 2 aromatic rings. The van der Waals surface area contributed by atoms with Crippen molar-refractivity contribution >= 4 is 17.2 Å². The molecule has 2 rings (SSSR count). The fourth-order valence-corrected chi connectivity index (χ4v) is 1.95. The third-order valence-electron chi connectivity index (χ3n) is 2.97. The first-order valence-corrected chi connectivity index (χ1v) is 6.54. The molecule has 7 heteroatoms. The Hall–Kier alpha value is -2.44. The number of rotatable bonds is 6. The summed E-state index contributed by atoms with van der Waals surface area (Å²) in [5.74, 6) is 0.0438. The van der Waals surface area contributed by atoms with Crippen LogP contribution in [0.3, 0.4) is 0 Å². The number of unbranched alkanes of at least 4 members (excludes halogenated alkanes) is 2. The van der Waals surface area contributed by atoms with Gasteiger partial charge in [0.1, 0.15) is 5.65 Å². The van der Waals surface area contributed by atoms with Crippen LogP contribution in [0.15, 0.2) is 29.2 Å². The number of fused-ring (bicyclic) bond motifs is 1. The van der Waals surface area contributed by atoms with E-state index in [-0.39, 0.29) is 5.82 Å². The molecular weight excluding hydrogens is 260 g/mol. The molecule has 0 saturated heterocycles. The zero-order valence-electron chi connectivity index (χ0n) is 11.2. The van der Waals surface area contributed by atoms with E-state index >= 15 is 0 Å². The van der Waals surface area contributed by atoms with Gasteiger partial charge < -0.3 is 5.32 Å². The summed E-state index contributed by atoms with van der Waals surface area (Å²) in [6.45, 7) is 2.63. The quantitative estimate of drug-likeness (QED) is 0.496. The van der Waals surface area contributed by atoms with E-state index in [0.717, 1.165) is 19.3 Å². The molecule has 0 fully saturated rings. The summed E-state index contributed by atoms with van der Waals surface area (Å²) in [4.78, 5) is 26.7. The highest BCUT2D eigenvalue weighted by Gasteiger charge is 2.22. The summed E-state index contributed by atoms with van der Waals surface area (Å²) >= 11 is 0. The van der Waals surface area contributed by atoms with E-state index in [9.17, 15) is 14.9 Å². The van der Waals surface area contributed by atoms with E-state index < -0.39 is 16.2 Å². The average Bonchev–Trinajstić information content (AvgIpc) is 2.43. The zero-order valence-corrected chi connectivity index (χ0v) is 11.2. The number of pyridine rings is 1. The van der Waals surface area contributed by atoms with Crippen LogP contribution in [-0.4, -0.2) is 20.9 Å². The van der Waals surface area contributed by atoms with Gasteiger partial charge in [0.15, 0.2) is 0 Å². The lowest BCUT2D eigenvalue weighted by atomic mass is 10.2. The van der Waals surface area contributed by atoms with Gasteiger partial charge in [-0.25, -0.2) is 4.98 Å². The molecule has 0 aliphatic rings. The molecule has 1 N–H and O–H groups in total. The van der Waals surface area contributed by atoms with E-state index in [2.05, 4.69) is 17.2 Å². The van der Waals surface area contributed by atoms with Crippen molar-refractivity contribution in [1.29, 1.82) is 0 Å². The Morgan fingerprint density at radius 1 is 1.40 bits per heavy atom. The van der Waals surface area contributed by atoms with Crippen LogP contribution in [0.5, 0.6) is 0 Å². The molecule has 0 saturated carbocycles. The lowest BCUT2D eigenvalue weighted by molar-refractivity contribution is -0.385. The predicted molar refractivity (Wildman–Crippen MR) is 76.1 cm³/mol. The Balaban J connectivity index is 2.43. The topological polar surface area (TPSA) is 89.5 Å². The zero-order chi connectivity index (χ0) is 14.5. The molecule has 7 nitrogen and oxygen atoms in total. The Kier molecular flexibility index (Phi) is 4.29. The van der Waals surface area contributed by atoms with Crippen LogP contribution >= 0.6 is 0 Å². The molecular formula is C13H16N4O3. The number of hydrogen-bond donors (Lipinski definition) is 1. The lowest BCUT2D eigenvalue weighted by Gasteiger charge is -2.07. The van der Waals surface area contributed by atoms with Gasteiger partial charge in [0.2, 0.25) is 5.82 Å². The molecule has 20 heavy (non-hydrogen) atoms. The monoisotopic (exact) mass is 276 g/mol. The maximum Gasteiger partial charge on any atom is 0.376 e. The van der Waals surface area contributed by atoms with Crippen molar-refractivity contribution in [2.45, 2.75) is 26.2 Å². The molecule has 0 spiro atoms. The van der Waals surface area contributed by atoms with Gasteiger partial charge >= 0.3 is 11.2 Å². The van der Waals surface area contributed by atoms with E-state index in [1.807, 2.05) is 0 Å². The van der Waals surface area contributed by atoms with Gasteiger partial charge in [-0.05, 0) is 18.6 Å². The van der Waals surface area contributed by atoms with Crippen LogP contribution in [0, 0.1) is 10.1 Å². The molecule has 0 radical (unpaired) electrons. The van der Waals surface area contributed by atoms with Crippen molar-refractivity contribution < 1.29 is 4.92 Å². The highest BCUT2D eigenvalue weighted by Crippen LogP contribution is 2.18. The molecule has 0 amide bonds. The first kappa shape index (κ1) is 14.0. The fraction of sp³-hybridized carbons (Fsp3) is 0.385. The van der Waals surface area contributed by atoms with Gasteiger partial charge in [0, 0.05) is 12.7 Å². The molecule has 106 valence electrons. The van der Waals surface area contributed by atoms with Gasteiger partial charge in [0.05, 0.1) is 4.92 Å². The summed E-state index contributed by atoms with van der Waals surface area (Å²) < 4.78 is 1.18. The first-order valence-electron chi connectivity index (χ1n) is 6.54. The maximum atomic E-state index is 12.1. The average molecular weight is 276 g/mol. The van der Waals surface area contributed by atoms with Crippen LogP contribution < -0.4 is 10.9 Å². The highest BCUT2D eigenvalue weighted by molar-refractivity contribution is 5.59. The summed E-state index contributed by atoms with van der Waals surface area (Å²) in [5.41, 5.74) is -0.787. The number of nitrogens with one attached hydrogen (secondary N) is 1. The summed E-state index contributed by atoms with van der Waals surface area (Å²) in [6.07, 6.45) is 4.42. The van der Waals surface area contributed by atoms with Crippen LogP contribution in [0.4, 0.5) is 11.5 Å². The first-order chi connectivity index (χ1) is 9.65. The SMILES string of the molecule is CCCCCNc1nc2ccccn2c(=O)c1[N+](=O)[O-]. The van der Waals surface area contributed by atoms with Crippen molar-refractivity contribution in [3.8, 4) is 0 Å². The van der Waals surface area contributed by atoms with Gasteiger partial charge in [-0.1, -0.05) is 25.8 Å². The fourth-order valence-electron chi connectivity index (χ4n) is 1.95. The summed E-state index contributed by atoms with van der Waals surface area (Å²) in [5, 5.41) is 14.0. The van der Waals surface area contributed by atoms with Gasteiger partial charge in [0.25, 0.3) is 0 Å². The van der Waals surface area contributed by atoms with Gasteiger partial charge in [-0.2, -0.15) is 0 Å². The lowest BCUT2D eigenvalue weighted by Crippen LogP contribution is -2.21. The van der Waals surface area contributed by atoms with E-state index in [1.165, 1.54) is 10.6 Å². The molecule has 2 heterocycles. The molecule has 0 aliphatic heterocycles. The molecule has 0 atom stereocenters. The standard InChI is InChI=1S/C13H16N4O3/c1-2-3-5-8-14-12-11(17(19)20)13(18)16-9-6-4-7-10(16)15-12/h4,6-7,9,14H,2-3,5,8H2,1H3. The van der Waals surface area contributed by atoms with E-state index in [1.54, 1.807) is 18.2 Å². The second-order valence-electron chi connectivity index (χ2n) is 4.43. The summed E-state index contributed by atoms with van der Waals surface area (Å²) in [7, 11) is 0. The highest BCUT2D eigenvalue weighted by atomic mass is 16.6. The van der Waals surface area contributed by atoms with Gasteiger partial charge in [-0.15, -0.1) is 0 Å². The van der Waals surface area contributed by atoms with Crippen LogP contribution in [0.2, 0.25) is 0 Å². The van der Waals surface area contributed by atoms with Crippen LogP contribution in [-0.2, 0) is 0 Å². The van der Waals surface area contributed by atoms with Crippen LogP contribution in [0.1, 0.15) is 26.2 Å². The maximum absolute atomic E-state index is 12.1. The van der Waals surface area contributed by atoms with Crippen molar-refractivity contribution in [3.63, 3.8) is 0 Å². The number of hydrogen-bond acceptors (Lipinski definition) is 5. The minimum absolute atomic E-state index is 0.0438. The Labute approximate surface area is 115 Å². The molecule has 0 bridgehead atoms. The van der Waals surface area contributed by atoms with Crippen molar-refractivity contribution in [2.24, 2.45) is 0 Å². The van der Waals surface area contributed by atoms with Gasteiger partial charge in [-0.3, -0.25) is 19.3 Å². The van der Waals surface area contributed by atoms with E-state index in [4.69, 9.17) is 0 Å². The minimum atomic E-state index is -0.684. The van der Waals surface area contributed by atoms with E-state index in [0.29, 0.717) is 12.2 Å². The minimum Gasteiger partial charge on any atom is -0.364 e. The second kappa shape index (κ2) is 6.14. The molecule has 0 aromatic carbocycles. The Bertz CT molecular complexity index is 681. The largest absolute Gasteiger partial charge is 0.376 e. The van der Waals surface area contributed by atoms with Crippen molar-refractivity contribution in [3.05, 3.63) is 44.9 Å². The number of nitro groups is 1. The Morgan fingerprint density at radius 2 is 2.20 bits per heavy atom. The Morgan fingerprint density at radius 3 is 2.90 bits per heavy atom. The molecule has 0 aliphatic carbocycles. The number of anilines is 1.